The van der Waals surface area contributed by atoms with E-state index in [2.05, 4.69) is 10.1 Å². The van der Waals surface area contributed by atoms with Crippen LogP contribution in [0.4, 0.5) is 13.2 Å². The van der Waals surface area contributed by atoms with E-state index in [1.807, 2.05) is 0 Å². The van der Waals surface area contributed by atoms with Crippen LogP contribution in [0.1, 0.15) is 23.5 Å². The lowest BCUT2D eigenvalue weighted by molar-refractivity contribution is -0.145. The van der Waals surface area contributed by atoms with Crippen LogP contribution in [0.15, 0.2) is 36.9 Å². The summed E-state index contributed by atoms with van der Waals surface area (Å²) in [6.45, 7) is 0.556. The van der Waals surface area contributed by atoms with E-state index in [0.717, 1.165) is 12.1 Å². The Bertz CT molecular complexity index is 686. The summed E-state index contributed by atoms with van der Waals surface area (Å²) in [6.07, 6.45) is -0.967. The maximum atomic E-state index is 12.7. The second kappa shape index (κ2) is 6.02. The van der Waals surface area contributed by atoms with Crippen molar-refractivity contribution in [3.05, 3.63) is 48.0 Å². The number of carbonyl (C=O) groups is 1. The van der Waals surface area contributed by atoms with Crippen LogP contribution in [-0.2, 0) is 22.3 Å². The molecule has 3 rings (SSSR count). The number of hydrogen-bond donors (Lipinski definition) is 0. The second-order valence-corrected chi connectivity index (χ2v) is 5.40. The number of alkyl halides is 3. The lowest BCUT2D eigenvalue weighted by Gasteiger charge is -2.08. The molecule has 0 bridgehead atoms. The molecule has 0 N–H and O–H groups in total. The molecule has 0 aliphatic heterocycles. The van der Waals surface area contributed by atoms with Gasteiger partial charge in [0.15, 0.2) is 0 Å². The van der Waals surface area contributed by atoms with Gasteiger partial charge in [-0.05, 0) is 24.0 Å². The van der Waals surface area contributed by atoms with Crippen molar-refractivity contribution in [2.24, 2.45) is 5.92 Å². The minimum atomic E-state index is -4.38. The van der Waals surface area contributed by atoms with E-state index in [4.69, 9.17) is 4.74 Å². The zero-order chi connectivity index (χ0) is 16.4. The van der Waals surface area contributed by atoms with E-state index in [0.29, 0.717) is 18.5 Å². The van der Waals surface area contributed by atoms with Crippen molar-refractivity contribution >= 4 is 5.97 Å². The molecule has 0 unspecified atom stereocenters. The number of benzene rings is 1. The summed E-state index contributed by atoms with van der Waals surface area (Å²) in [7, 11) is 0. The largest absolute Gasteiger partial charge is 0.463 e. The topological polar surface area (TPSA) is 57.0 Å². The van der Waals surface area contributed by atoms with Crippen molar-refractivity contribution in [3.63, 3.8) is 0 Å². The lowest BCUT2D eigenvalue weighted by atomic mass is 10.1. The molecule has 0 radical (unpaired) electrons. The van der Waals surface area contributed by atoms with Crippen molar-refractivity contribution in [1.29, 1.82) is 0 Å². The molecule has 23 heavy (non-hydrogen) atoms. The number of aromatic nitrogens is 3. The van der Waals surface area contributed by atoms with Gasteiger partial charge in [0.1, 0.15) is 19.3 Å². The fraction of sp³-hybridized carbons (Fsp3) is 0.400. The fourth-order valence-corrected chi connectivity index (χ4v) is 2.46. The summed E-state index contributed by atoms with van der Waals surface area (Å²) in [5, 5.41) is 3.88. The minimum absolute atomic E-state index is 0.161. The third-order valence-corrected chi connectivity index (χ3v) is 3.77. The number of hydrogen-bond acceptors (Lipinski definition) is 4. The number of esters is 1. The van der Waals surface area contributed by atoms with Crippen LogP contribution in [0, 0.1) is 5.92 Å². The second-order valence-electron chi connectivity index (χ2n) is 5.40. The molecule has 1 heterocycles. The molecule has 1 aromatic carbocycles. The van der Waals surface area contributed by atoms with Crippen molar-refractivity contribution < 1.29 is 22.7 Å². The van der Waals surface area contributed by atoms with Gasteiger partial charge in [0.2, 0.25) is 0 Å². The van der Waals surface area contributed by atoms with Gasteiger partial charge in [0.05, 0.1) is 18.0 Å². The van der Waals surface area contributed by atoms with Gasteiger partial charge in [-0.25, -0.2) is 9.67 Å². The van der Waals surface area contributed by atoms with Crippen LogP contribution in [0.25, 0.3) is 0 Å². The molecule has 1 aliphatic carbocycles. The Hall–Kier alpha value is -2.38. The summed E-state index contributed by atoms with van der Waals surface area (Å²) in [5.74, 6) is -0.946. The standard InChI is InChI=1S/C15H14F3N3O2/c16-15(17,18)11-3-1-2-10(6-11)12-7-13(12)14(22)23-5-4-21-9-19-8-20-21/h1-3,6,8-9,12-13H,4-5,7H2/t12-,13+/m1/s1. The molecule has 1 fully saturated rings. The Morgan fingerprint density at radius 1 is 1.39 bits per heavy atom. The van der Waals surface area contributed by atoms with E-state index in [1.165, 1.54) is 23.4 Å². The Morgan fingerprint density at radius 2 is 2.22 bits per heavy atom. The summed E-state index contributed by atoms with van der Waals surface area (Å²) >= 11 is 0. The normalized spacial score (nSPS) is 20.3. The molecular formula is C15H14F3N3O2. The van der Waals surface area contributed by atoms with Crippen LogP contribution in [0.2, 0.25) is 0 Å². The van der Waals surface area contributed by atoms with Gasteiger partial charge in [-0.2, -0.15) is 18.3 Å². The quantitative estimate of drug-likeness (QED) is 0.793. The Balaban J connectivity index is 1.53. The molecule has 122 valence electrons. The smallest absolute Gasteiger partial charge is 0.416 e. The van der Waals surface area contributed by atoms with Crippen LogP contribution in [0.3, 0.4) is 0 Å². The number of carbonyl (C=O) groups excluding carboxylic acids is 1. The van der Waals surface area contributed by atoms with Gasteiger partial charge in [0.25, 0.3) is 0 Å². The van der Waals surface area contributed by atoms with Crippen molar-refractivity contribution in [3.8, 4) is 0 Å². The van der Waals surface area contributed by atoms with Crippen LogP contribution in [-0.4, -0.2) is 27.3 Å². The van der Waals surface area contributed by atoms with Crippen LogP contribution in [0.5, 0.6) is 0 Å². The van der Waals surface area contributed by atoms with Gasteiger partial charge >= 0.3 is 12.1 Å². The molecule has 1 aromatic heterocycles. The molecule has 2 aromatic rings. The minimum Gasteiger partial charge on any atom is -0.463 e. The fourth-order valence-electron chi connectivity index (χ4n) is 2.46. The molecule has 0 spiro atoms. The maximum Gasteiger partial charge on any atom is 0.416 e. The summed E-state index contributed by atoms with van der Waals surface area (Å²) < 4.78 is 44.8. The van der Waals surface area contributed by atoms with E-state index < -0.39 is 11.7 Å². The van der Waals surface area contributed by atoms with E-state index in [-0.39, 0.29) is 24.4 Å². The van der Waals surface area contributed by atoms with Crippen molar-refractivity contribution in [2.75, 3.05) is 6.61 Å². The third-order valence-electron chi connectivity index (χ3n) is 3.77. The van der Waals surface area contributed by atoms with Crippen LogP contribution >= 0.6 is 0 Å². The lowest BCUT2D eigenvalue weighted by Crippen LogP contribution is -2.13. The highest BCUT2D eigenvalue weighted by molar-refractivity contribution is 5.77. The van der Waals surface area contributed by atoms with Gasteiger partial charge in [-0.1, -0.05) is 18.2 Å². The number of halogens is 3. The maximum absolute atomic E-state index is 12.7. The predicted molar refractivity (Wildman–Crippen MR) is 73.3 cm³/mol. The first-order chi connectivity index (χ1) is 10.9. The molecule has 1 saturated carbocycles. The summed E-state index contributed by atoms with van der Waals surface area (Å²) in [4.78, 5) is 15.7. The Labute approximate surface area is 130 Å². The van der Waals surface area contributed by atoms with Gasteiger partial charge in [-0.15, -0.1) is 0 Å². The van der Waals surface area contributed by atoms with Crippen molar-refractivity contribution in [1.82, 2.24) is 14.8 Å². The first kappa shape index (κ1) is 15.5. The molecule has 2 atom stereocenters. The van der Waals surface area contributed by atoms with Gasteiger partial charge < -0.3 is 4.74 Å². The summed E-state index contributed by atoms with van der Waals surface area (Å²) in [5.41, 5.74) is -0.168. The molecule has 5 nitrogen and oxygen atoms in total. The van der Waals surface area contributed by atoms with E-state index >= 15 is 0 Å². The number of rotatable bonds is 5. The first-order valence-corrected chi connectivity index (χ1v) is 7.11. The summed E-state index contributed by atoms with van der Waals surface area (Å²) in [6, 6.07) is 5.11. The number of nitrogens with zero attached hydrogens (tertiary/aromatic N) is 3. The molecular weight excluding hydrogens is 311 g/mol. The SMILES string of the molecule is O=C(OCCn1cncn1)[C@H]1C[C@@H]1c1cccc(C(F)(F)F)c1. The molecule has 8 heteroatoms. The highest BCUT2D eigenvalue weighted by atomic mass is 19.4. The number of ether oxygens (including phenoxy) is 1. The zero-order valence-corrected chi connectivity index (χ0v) is 12.0. The molecule has 1 aliphatic rings. The van der Waals surface area contributed by atoms with Gasteiger partial charge in [0, 0.05) is 0 Å². The highest BCUT2D eigenvalue weighted by Gasteiger charge is 2.45. The monoisotopic (exact) mass is 325 g/mol. The molecule has 0 amide bonds. The van der Waals surface area contributed by atoms with E-state index in [9.17, 15) is 18.0 Å². The Morgan fingerprint density at radius 3 is 2.91 bits per heavy atom. The van der Waals surface area contributed by atoms with Crippen molar-refractivity contribution in [2.45, 2.75) is 25.1 Å². The van der Waals surface area contributed by atoms with E-state index in [1.54, 1.807) is 6.07 Å². The average molecular weight is 325 g/mol. The van der Waals surface area contributed by atoms with Gasteiger partial charge in [-0.3, -0.25) is 4.79 Å². The highest BCUT2D eigenvalue weighted by Crippen LogP contribution is 2.49. The Kier molecular flexibility index (Phi) is 4.06. The first-order valence-electron chi connectivity index (χ1n) is 7.11. The predicted octanol–water partition coefficient (Wildman–Crippen LogP) is 2.64. The zero-order valence-electron chi connectivity index (χ0n) is 12.0. The average Bonchev–Trinajstić information content (AvgIpc) is 3.16. The third kappa shape index (κ3) is 3.69. The van der Waals surface area contributed by atoms with Crippen LogP contribution < -0.4 is 0 Å². The molecule has 0 saturated heterocycles.